The summed E-state index contributed by atoms with van der Waals surface area (Å²) < 4.78 is 1.50. The molecule has 0 saturated heterocycles. The van der Waals surface area contributed by atoms with Crippen LogP contribution in [0.4, 0.5) is 5.13 Å². The largest absolute Gasteiger partial charge is 0.298 e. The van der Waals surface area contributed by atoms with Crippen LogP contribution in [0.1, 0.15) is 26.4 Å². The molecule has 27 heavy (non-hydrogen) atoms. The Morgan fingerprint density at radius 2 is 2.04 bits per heavy atom. The minimum absolute atomic E-state index is 0.221. The summed E-state index contributed by atoms with van der Waals surface area (Å²) in [6.07, 6.45) is 4.08. The Hall–Kier alpha value is -3.39. The molecule has 2 aromatic heterocycles. The van der Waals surface area contributed by atoms with Gasteiger partial charge in [-0.1, -0.05) is 35.9 Å². The number of anilines is 1. The average Bonchev–Trinajstić information content (AvgIpc) is 3.36. The van der Waals surface area contributed by atoms with E-state index in [1.807, 2.05) is 6.07 Å². The first-order chi connectivity index (χ1) is 13.2. The molecule has 0 fully saturated rings. The molecule has 8 heteroatoms. The van der Waals surface area contributed by atoms with Crippen LogP contribution < -0.4 is 5.32 Å². The number of rotatable bonds is 5. The Labute approximate surface area is 159 Å². The van der Waals surface area contributed by atoms with E-state index in [9.17, 15) is 4.79 Å². The first-order valence-corrected chi connectivity index (χ1v) is 9.14. The number of nitrogens with one attached hydrogen (secondary N) is 1. The second-order valence-electron chi connectivity index (χ2n) is 6.05. The number of benzene rings is 2. The van der Waals surface area contributed by atoms with E-state index in [4.69, 9.17) is 0 Å². The fraction of sp³-hybridized carbons (Fsp3) is 0.105. The van der Waals surface area contributed by atoms with Crippen LogP contribution >= 0.6 is 11.3 Å². The second kappa shape index (κ2) is 7.46. The van der Waals surface area contributed by atoms with Gasteiger partial charge in [0.25, 0.3) is 5.91 Å². The van der Waals surface area contributed by atoms with Crippen LogP contribution in [-0.2, 0) is 6.42 Å². The molecule has 134 valence electrons. The summed E-state index contributed by atoms with van der Waals surface area (Å²) in [7, 11) is 0. The van der Waals surface area contributed by atoms with Crippen LogP contribution in [0.25, 0.3) is 5.69 Å². The minimum atomic E-state index is -0.221. The number of tetrazole rings is 1. The van der Waals surface area contributed by atoms with Crippen LogP contribution in [0.5, 0.6) is 0 Å². The molecule has 1 N–H and O–H groups in total. The summed E-state index contributed by atoms with van der Waals surface area (Å²) >= 11 is 1.48. The van der Waals surface area contributed by atoms with Crippen LogP contribution in [0.3, 0.4) is 0 Å². The lowest BCUT2D eigenvalue weighted by atomic mass is 10.1. The van der Waals surface area contributed by atoms with Crippen molar-refractivity contribution in [1.82, 2.24) is 25.2 Å². The maximum Gasteiger partial charge on any atom is 0.257 e. The minimum Gasteiger partial charge on any atom is -0.298 e. The first kappa shape index (κ1) is 17.0. The molecule has 0 aliphatic heterocycles. The van der Waals surface area contributed by atoms with Crippen LogP contribution in [0, 0.1) is 6.92 Å². The van der Waals surface area contributed by atoms with Gasteiger partial charge < -0.3 is 0 Å². The van der Waals surface area contributed by atoms with Gasteiger partial charge in [-0.2, -0.15) is 0 Å². The molecule has 4 rings (SSSR count). The molecule has 0 spiro atoms. The molecule has 2 heterocycles. The quantitative estimate of drug-likeness (QED) is 0.578. The molecule has 0 aliphatic rings. The number of aryl methyl sites for hydroxylation is 1. The van der Waals surface area contributed by atoms with Gasteiger partial charge in [-0.3, -0.25) is 10.1 Å². The Kier molecular flexibility index (Phi) is 4.71. The van der Waals surface area contributed by atoms with Gasteiger partial charge in [0.2, 0.25) is 0 Å². The summed E-state index contributed by atoms with van der Waals surface area (Å²) in [6.45, 7) is 2.07. The van der Waals surface area contributed by atoms with Gasteiger partial charge in [0.1, 0.15) is 6.33 Å². The predicted molar refractivity (Wildman–Crippen MR) is 103 cm³/mol. The monoisotopic (exact) mass is 376 g/mol. The molecule has 0 radical (unpaired) electrons. The molecule has 0 bridgehead atoms. The molecule has 1 amide bonds. The Bertz CT molecular complexity index is 1060. The summed E-state index contributed by atoms with van der Waals surface area (Å²) in [5.41, 5.74) is 3.68. The van der Waals surface area contributed by atoms with E-state index in [1.165, 1.54) is 33.5 Å². The third-order valence-electron chi connectivity index (χ3n) is 3.99. The van der Waals surface area contributed by atoms with Gasteiger partial charge in [0.15, 0.2) is 5.13 Å². The highest BCUT2D eigenvalue weighted by molar-refractivity contribution is 7.15. The van der Waals surface area contributed by atoms with Crippen LogP contribution in [0.2, 0.25) is 0 Å². The molecule has 0 unspecified atom stereocenters. The number of nitrogens with zero attached hydrogens (tertiary/aromatic N) is 5. The zero-order chi connectivity index (χ0) is 18.6. The van der Waals surface area contributed by atoms with Crippen molar-refractivity contribution in [3.05, 3.63) is 82.6 Å². The zero-order valence-corrected chi connectivity index (χ0v) is 15.3. The number of carbonyl (C=O) groups is 1. The Balaban J connectivity index is 1.45. The van der Waals surface area contributed by atoms with Gasteiger partial charge in [0.05, 0.1) is 5.69 Å². The lowest BCUT2D eigenvalue weighted by Gasteiger charge is -2.04. The van der Waals surface area contributed by atoms with E-state index >= 15 is 0 Å². The van der Waals surface area contributed by atoms with E-state index in [0.29, 0.717) is 16.4 Å². The number of carbonyl (C=O) groups excluding carboxylic acids is 1. The normalized spacial score (nSPS) is 10.7. The third-order valence-corrected chi connectivity index (χ3v) is 4.91. The topological polar surface area (TPSA) is 85.6 Å². The van der Waals surface area contributed by atoms with E-state index < -0.39 is 0 Å². The number of hydrogen-bond acceptors (Lipinski definition) is 6. The SMILES string of the molecule is Cc1ccc(Cc2cnc(NC(=O)c3cccc(-n4cnnn4)c3)s2)cc1. The van der Waals surface area contributed by atoms with E-state index in [0.717, 1.165) is 11.3 Å². The predicted octanol–water partition coefficient (Wildman–Crippen LogP) is 3.27. The highest BCUT2D eigenvalue weighted by Gasteiger charge is 2.11. The average molecular weight is 376 g/mol. The van der Waals surface area contributed by atoms with Gasteiger partial charge in [0, 0.05) is 23.1 Å². The fourth-order valence-corrected chi connectivity index (χ4v) is 3.43. The van der Waals surface area contributed by atoms with Crippen molar-refractivity contribution in [2.24, 2.45) is 0 Å². The molecule has 2 aromatic carbocycles. The number of hydrogen-bond donors (Lipinski definition) is 1. The van der Waals surface area contributed by atoms with E-state index in [2.05, 4.69) is 57.0 Å². The molecule has 0 atom stereocenters. The third kappa shape index (κ3) is 4.06. The Morgan fingerprint density at radius 3 is 2.81 bits per heavy atom. The molecular weight excluding hydrogens is 360 g/mol. The Morgan fingerprint density at radius 1 is 1.19 bits per heavy atom. The molecule has 4 aromatic rings. The standard InChI is InChI=1S/C19H16N6OS/c1-13-5-7-14(8-6-13)9-17-11-20-19(27-17)22-18(26)15-3-2-4-16(10-15)25-12-21-23-24-25/h2-8,10-12H,9H2,1H3,(H,20,22,26). The van der Waals surface area contributed by atoms with Crippen molar-refractivity contribution >= 4 is 22.4 Å². The number of amides is 1. The van der Waals surface area contributed by atoms with Gasteiger partial charge in [-0.05, 0) is 41.1 Å². The molecule has 0 aliphatic carbocycles. The molecular formula is C19H16N6OS. The zero-order valence-electron chi connectivity index (χ0n) is 14.5. The van der Waals surface area contributed by atoms with Crippen molar-refractivity contribution in [3.8, 4) is 5.69 Å². The highest BCUT2D eigenvalue weighted by Crippen LogP contribution is 2.22. The molecule has 0 saturated carbocycles. The summed E-state index contributed by atoms with van der Waals surface area (Å²) in [5, 5.41) is 14.5. The highest BCUT2D eigenvalue weighted by atomic mass is 32.1. The smallest absolute Gasteiger partial charge is 0.257 e. The lowest BCUT2D eigenvalue weighted by molar-refractivity contribution is 0.102. The first-order valence-electron chi connectivity index (χ1n) is 8.32. The number of thiazole rings is 1. The van der Waals surface area contributed by atoms with E-state index in [1.54, 1.807) is 24.4 Å². The second-order valence-corrected chi connectivity index (χ2v) is 7.17. The van der Waals surface area contributed by atoms with Gasteiger partial charge >= 0.3 is 0 Å². The van der Waals surface area contributed by atoms with Crippen molar-refractivity contribution < 1.29 is 4.79 Å². The molecule has 7 nitrogen and oxygen atoms in total. The van der Waals surface area contributed by atoms with Gasteiger partial charge in [-0.25, -0.2) is 9.67 Å². The summed E-state index contributed by atoms with van der Waals surface area (Å²) in [6, 6.07) is 15.5. The number of aromatic nitrogens is 5. The van der Waals surface area contributed by atoms with Crippen molar-refractivity contribution in [3.63, 3.8) is 0 Å². The maximum atomic E-state index is 12.5. The van der Waals surface area contributed by atoms with Crippen LogP contribution in [-0.4, -0.2) is 31.1 Å². The van der Waals surface area contributed by atoms with E-state index in [-0.39, 0.29) is 5.91 Å². The van der Waals surface area contributed by atoms with Crippen molar-refractivity contribution in [1.29, 1.82) is 0 Å². The fourth-order valence-electron chi connectivity index (χ4n) is 2.59. The van der Waals surface area contributed by atoms with Crippen molar-refractivity contribution in [2.75, 3.05) is 5.32 Å². The van der Waals surface area contributed by atoms with Gasteiger partial charge in [-0.15, -0.1) is 16.4 Å². The lowest BCUT2D eigenvalue weighted by Crippen LogP contribution is -2.12. The summed E-state index contributed by atoms with van der Waals surface area (Å²) in [5.74, 6) is -0.221. The van der Waals surface area contributed by atoms with Crippen molar-refractivity contribution in [2.45, 2.75) is 13.3 Å². The maximum absolute atomic E-state index is 12.5. The van der Waals surface area contributed by atoms with Crippen LogP contribution in [0.15, 0.2) is 61.1 Å². The summed E-state index contributed by atoms with van der Waals surface area (Å²) in [4.78, 5) is 17.9.